The van der Waals surface area contributed by atoms with Crippen molar-refractivity contribution in [3.05, 3.63) is 44.8 Å². The molecule has 0 saturated carbocycles. The van der Waals surface area contributed by atoms with Gasteiger partial charge < -0.3 is 5.32 Å². The van der Waals surface area contributed by atoms with Crippen molar-refractivity contribution in [2.24, 2.45) is 0 Å². The summed E-state index contributed by atoms with van der Waals surface area (Å²) < 4.78 is 38.0. The molecule has 0 amide bonds. The van der Waals surface area contributed by atoms with Gasteiger partial charge in [-0.15, -0.1) is 11.3 Å². The van der Waals surface area contributed by atoms with E-state index in [1.807, 2.05) is 12.3 Å². The summed E-state index contributed by atoms with van der Waals surface area (Å²) in [5, 5.41) is 5.86. The molecule has 0 aliphatic rings. The summed E-state index contributed by atoms with van der Waals surface area (Å²) >= 11 is 4.65. The van der Waals surface area contributed by atoms with Crippen LogP contribution in [0.2, 0.25) is 0 Å². The molecule has 19 heavy (non-hydrogen) atoms. The van der Waals surface area contributed by atoms with E-state index in [-0.39, 0.29) is 6.04 Å². The molecular formula is C12H10BrF3N2S. The quantitative estimate of drug-likeness (QED) is 0.833. The normalized spacial score (nSPS) is 13.3. The molecule has 1 aromatic carbocycles. The van der Waals surface area contributed by atoms with Crippen LogP contribution >= 0.6 is 27.3 Å². The van der Waals surface area contributed by atoms with E-state index < -0.39 is 11.7 Å². The van der Waals surface area contributed by atoms with Crippen LogP contribution in [-0.2, 0) is 6.18 Å². The molecule has 2 nitrogen and oxygen atoms in total. The molecule has 0 radical (unpaired) electrons. The van der Waals surface area contributed by atoms with Gasteiger partial charge in [-0.25, -0.2) is 4.98 Å². The van der Waals surface area contributed by atoms with E-state index in [4.69, 9.17) is 0 Å². The molecule has 1 N–H and O–H groups in total. The second-order valence-electron chi connectivity index (χ2n) is 3.93. The molecule has 0 saturated heterocycles. The van der Waals surface area contributed by atoms with Gasteiger partial charge >= 0.3 is 6.18 Å². The molecule has 1 aromatic heterocycles. The number of aromatic nitrogens is 1. The fourth-order valence-electron chi connectivity index (χ4n) is 1.55. The molecule has 1 unspecified atom stereocenters. The van der Waals surface area contributed by atoms with Crippen LogP contribution in [0.3, 0.4) is 0 Å². The van der Waals surface area contributed by atoms with Crippen LogP contribution in [0.5, 0.6) is 0 Å². The largest absolute Gasteiger partial charge is 0.416 e. The molecule has 7 heteroatoms. The molecular weight excluding hydrogens is 341 g/mol. The zero-order valence-corrected chi connectivity index (χ0v) is 12.2. The van der Waals surface area contributed by atoms with E-state index >= 15 is 0 Å². The smallest absolute Gasteiger partial charge is 0.375 e. The Hall–Kier alpha value is -1.08. The van der Waals surface area contributed by atoms with E-state index in [0.717, 1.165) is 17.1 Å². The van der Waals surface area contributed by atoms with Crippen LogP contribution in [0, 0.1) is 0 Å². The lowest BCUT2D eigenvalue weighted by molar-refractivity contribution is -0.137. The van der Waals surface area contributed by atoms with Gasteiger partial charge in [0.05, 0.1) is 11.6 Å². The Morgan fingerprint density at radius 1 is 1.37 bits per heavy atom. The number of benzene rings is 1. The number of anilines is 1. The molecule has 0 aliphatic heterocycles. The van der Waals surface area contributed by atoms with Gasteiger partial charge in [0, 0.05) is 21.7 Å². The lowest BCUT2D eigenvalue weighted by Gasteiger charge is -2.15. The van der Waals surface area contributed by atoms with Crippen molar-refractivity contribution in [3.63, 3.8) is 0 Å². The van der Waals surface area contributed by atoms with E-state index in [0.29, 0.717) is 10.2 Å². The molecule has 2 aromatic rings. The highest BCUT2D eigenvalue weighted by atomic mass is 79.9. The lowest BCUT2D eigenvalue weighted by atomic mass is 10.2. The number of alkyl halides is 3. The van der Waals surface area contributed by atoms with E-state index in [1.54, 1.807) is 6.20 Å². The Labute approximate surface area is 120 Å². The highest BCUT2D eigenvalue weighted by Crippen LogP contribution is 2.35. The van der Waals surface area contributed by atoms with Crippen LogP contribution in [0.4, 0.5) is 18.9 Å². The van der Waals surface area contributed by atoms with E-state index in [2.05, 4.69) is 26.2 Å². The van der Waals surface area contributed by atoms with E-state index in [1.165, 1.54) is 17.4 Å². The van der Waals surface area contributed by atoms with Crippen molar-refractivity contribution in [1.82, 2.24) is 4.98 Å². The van der Waals surface area contributed by atoms with Gasteiger partial charge in [0.2, 0.25) is 0 Å². The SMILES string of the molecule is CC(Nc1ccc(C(F)(F)F)cc1Br)c1nccs1. The van der Waals surface area contributed by atoms with Gasteiger partial charge in [-0.05, 0) is 41.1 Å². The van der Waals surface area contributed by atoms with Crippen LogP contribution in [-0.4, -0.2) is 4.98 Å². The fourth-order valence-corrected chi connectivity index (χ4v) is 2.69. The second kappa shape index (κ2) is 5.50. The minimum Gasteiger partial charge on any atom is -0.375 e. The molecule has 1 atom stereocenters. The average molecular weight is 351 g/mol. The van der Waals surface area contributed by atoms with Crippen molar-refractivity contribution in [2.75, 3.05) is 5.32 Å². The van der Waals surface area contributed by atoms with Gasteiger partial charge in [-0.1, -0.05) is 0 Å². The number of halogens is 4. The summed E-state index contributed by atoms with van der Waals surface area (Å²) in [5.74, 6) is 0. The third kappa shape index (κ3) is 3.48. The maximum atomic E-state index is 12.5. The van der Waals surface area contributed by atoms with Crippen molar-refractivity contribution in [3.8, 4) is 0 Å². The first-order valence-electron chi connectivity index (χ1n) is 5.40. The highest BCUT2D eigenvalue weighted by Gasteiger charge is 2.30. The zero-order valence-electron chi connectivity index (χ0n) is 9.83. The molecule has 0 spiro atoms. The number of thiazole rings is 1. The Balaban J connectivity index is 2.18. The Bertz CT molecular complexity index is 555. The van der Waals surface area contributed by atoms with Crippen molar-refractivity contribution >= 4 is 33.0 Å². The number of rotatable bonds is 3. The third-order valence-electron chi connectivity index (χ3n) is 2.49. The lowest BCUT2D eigenvalue weighted by Crippen LogP contribution is -2.08. The van der Waals surface area contributed by atoms with Crippen LogP contribution in [0.15, 0.2) is 34.2 Å². The number of nitrogens with one attached hydrogen (secondary N) is 1. The third-order valence-corrected chi connectivity index (χ3v) is 4.10. The maximum absolute atomic E-state index is 12.5. The van der Waals surface area contributed by atoms with E-state index in [9.17, 15) is 13.2 Å². The van der Waals surface area contributed by atoms with Crippen molar-refractivity contribution < 1.29 is 13.2 Å². The number of nitrogens with zero attached hydrogens (tertiary/aromatic N) is 1. The zero-order chi connectivity index (χ0) is 14.0. The molecule has 0 bridgehead atoms. The average Bonchev–Trinajstić information content (AvgIpc) is 2.84. The van der Waals surface area contributed by atoms with Gasteiger partial charge in [0.15, 0.2) is 0 Å². The summed E-state index contributed by atoms with van der Waals surface area (Å²) in [6.07, 6.45) is -2.64. The van der Waals surface area contributed by atoms with Gasteiger partial charge in [-0.2, -0.15) is 13.2 Å². The predicted octanol–water partition coefficient (Wildman–Crippen LogP) is 5.10. The molecule has 1 heterocycles. The van der Waals surface area contributed by atoms with Gasteiger partial charge in [0.1, 0.15) is 5.01 Å². The summed E-state index contributed by atoms with van der Waals surface area (Å²) in [6.45, 7) is 1.91. The van der Waals surface area contributed by atoms with Gasteiger partial charge in [0.25, 0.3) is 0 Å². The highest BCUT2D eigenvalue weighted by molar-refractivity contribution is 9.10. The summed E-state index contributed by atoms with van der Waals surface area (Å²) in [7, 11) is 0. The first-order valence-corrected chi connectivity index (χ1v) is 7.08. The molecule has 0 fully saturated rings. The topological polar surface area (TPSA) is 24.9 Å². The number of hydrogen-bond donors (Lipinski definition) is 1. The first-order chi connectivity index (χ1) is 8.88. The van der Waals surface area contributed by atoms with Crippen molar-refractivity contribution in [2.45, 2.75) is 19.1 Å². The first kappa shape index (κ1) is 14.3. The standard InChI is InChI=1S/C12H10BrF3N2S/c1-7(11-17-4-5-19-11)18-10-3-2-8(6-9(10)13)12(14,15)16/h2-7,18H,1H3. The minimum atomic E-state index is -4.33. The van der Waals surface area contributed by atoms with Crippen LogP contribution in [0.1, 0.15) is 23.5 Å². The summed E-state index contributed by atoms with van der Waals surface area (Å²) in [5.41, 5.74) is -0.0671. The number of hydrogen-bond acceptors (Lipinski definition) is 3. The summed E-state index contributed by atoms with van der Waals surface area (Å²) in [4.78, 5) is 4.16. The predicted molar refractivity (Wildman–Crippen MR) is 73.3 cm³/mol. The molecule has 2 rings (SSSR count). The van der Waals surface area contributed by atoms with Crippen molar-refractivity contribution in [1.29, 1.82) is 0 Å². The fraction of sp³-hybridized carbons (Fsp3) is 0.250. The van der Waals surface area contributed by atoms with Gasteiger partial charge in [-0.3, -0.25) is 0 Å². The van der Waals surface area contributed by atoms with Crippen LogP contribution < -0.4 is 5.32 Å². The minimum absolute atomic E-state index is 0.0620. The summed E-state index contributed by atoms with van der Waals surface area (Å²) in [6, 6.07) is 3.48. The monoisotopic (exact) mass is 350 g/mol. The molecule has 0 aliphatic carbocycles. The Kier molecular flexibility index (Phi) is 4.15. The Morgan fingerprint density at radius 2 is 2.11 bits per heavy atom. The Morgan fingerprint density at radius 3 is 2.63 bits per heavy atom. The second-order valence-corrected chi connectivity index (χ2v) is 5.71. The molecule has 102 valence electrons. The maximum Gasteiger partial charge on any atom is 0.416 e. The van der Waals surface area contributed by atoms with Crippen LogP contribution in [0.25, 0.3) is 0 Å².